The van der Waals surface area contributed by atoms with Crippen LogP contribution in [0.2, 0.25) is 0 Å². The maximum absolute atomic E-state index is 13.0. The molecule has 3 rings (SSSR count). The molecule has 2 heterocycles. The molecule has 1 atom stereocenters. The first-order valence-corrected chi connectivity index (χ1v) is 9.16. The smallest absolute Gasteiger partial charge is 0.282 e. The average Bonchev–Trinajstić information content (AvgIpc) is 3.18. The number of nitrogens with zero attached hydrogens (tertiary/aromatic N) is 3. The zero-order valence-electron chi connectivity index (χ0n) is 13.6. The molecule has 130 valence electrons. The van der Waals surface area contributed by atoms with Crippen LogP contribution in [0.4, 0.5) is 4.39 Å². The number of rotatable bonds is 5. The summed E-state index contributed by atoms with van der Waals surface area (Å²) in [5, 5.41) is 0. The second kappa shape index (κ2) is 6.62. The lowest BCUT2D eigenvalue weighted by atomic mass is 10.1. The summed E-state index contributed by atoms with van der Waals surface area (Å²) < 4.78 is 46.1. The Bertz CT molecular complexity index is 802. The highest BCUT2D eigenvalue weighted by atomic mass is 32.2. The Morgan fingerprint density at radius 3 is 2.71 bits per heavy atom. The van der Waals surface area contributed by atoms with Crippen molar-refractivity contribution in [3.63, 3.8) is 0 Å². The van der Waals surface area contributed by atoms with E-state index in [1.54, 1.807) is 18.3 Å². The van der Waals surface area contributed by atoms with Crippen molar-refractivity contribution < 1.29 is 17.2 Å². The number of hydrogen-bond donors (Lipinski definition) is 0. The van der Waals surface area contributed by atoms with Crippen LogP contribution in [-0.2, 0) is 16.6 Å². The maximum Gasteiger partial charge on any atom is 0.282 e. The lowest BCUT2D eigenvalue weighted by molar-refractivity contribution is 0.306. The quantitative estimate of drug-likeness (QED) is 0.828. The van der Waals surface area contributed by atoms with E-state index in [1.165, 1.54) is 34.8 Å². The molecule has 24 heavy (non-hydrogen) atoms. The molecule has 0 N–H and O–H groups in total. The van der Waals surface area contributed by atoms with E-state index in [-0.39, 0.29) is 11.9 Å². The Morgan fingerprint density at radius 1 is 1.33 bits per heavy atom. The molecular formula is C16H20FN3O3S. The number of aromatic nitrogens is 1. The molecule has 0 saturated carbocycles. The number of oxazole rings is 1. The van der Waals surface area contributed by atoms with Crippen molar-refractivity contribution in [2.24, 2.45) is 0 Å². The zero-order chi connectivity index (χ0) is 17.3. The van der Waals surface area contributed by atoms with E-state index in [2.05, 4.69) is 4.98 Å². The summed E-state index contributed by atoms with van der Waals surface area (Å²) in [4.78, 5) is 4.27. The van der Waals surface area contributed by atoms with Crippen molar-refractivity contribution in [2.75, 3.05) is 20.6 Å². The fourth-order valence-corrected chi connectivity index (χ4v) is 4.13. The SMILES string of the molecule is CN(C)S(=O)(=O)N1CCC[C@@H]1c1ncc(Cc2ccc(F)cc2)o1. The van der Waals surface area contributed by atoms with Gasteiger partial charge >= 0.3 is 0 Å². The third-order valence-electron chi connectivity index (χ3n) is 4.11. The van der Waals surface area contributed by atoms with E-state index < -0.39 is 10.2 Å². The molecule has 1 aromatic heterocycles. The van der Waals surface area contributed by atoms with Gasteiger partial charge < -0.3 is 4.42 Å². The van der Waals surface area contributed by atoms with Gasteiger partial charge in [0.05, 0.1) is 6.20 Å². The van der Waals surface area contributed by atoms with Gasteiger partial charge in [0, 0.05) is 27.1 Å². The highest BCUT2D eigenvalue weighted by Gasteiger charge is 2.39. The molecule has 0 spiro atoms. The normalized spacial score (nSPS) is 19.2. The monoisotopic (exact) mass is 353 g/mol. The van der Waals surface area contributed by atoms with E-state index >= 15 is 0 Å². The standard InChI is InChI=1S/C16H20FN3O3S/c1-19(2)24(21,22)20-9-3-4-15(20)16-18-11-14(23-16)10-12-5-7-13(17)8-6-12/h5-8,11,15H,3-4,9-10H2,1-2H3/t15-/m1/s1. The van der Waals surface area contributed by atoms with Crippen LogP contribution in [0.5, 0.6) is 0 Å². The van der Waals surface area contributed by atoms with Crippen LogP contribution < -0.4 is 0 Å². The Hall–Kier alpha value is -1.77. The van der Waals surface area contributed by atoms with Gasteiger partial charge in [-0.15, -0.1) is 0 Å². The summed E-state index contributed by atoms with van der Waals surface area (Å²) in [5.74, 6) is 0.758. The van der Waals surface area contributed by atoms with Crippen LogP contribution in [0.1, 0.15) is 36.1 Å². The van der Waals surface area contributed by atoms with Gasteiger partial charge in [0.15, 0.2) is 0 Å². The van der Waals surface area contributed by atoms with Gasteiger partial charge in [0.25, 0.3) is 10.2 Å². The lowest BCUT2D eigenvalue weighted by Crippen LogP contribution is -2.39. The summed E-state index contributed by atoms with van der Waals surface area (Å²) in [5.41, 5.74) is 0.906. The van der Waals surface area contributed by atoms with E-state index in [9.17, 15) is 12.8 Å². The van der Waals surface area contributed by atoms with Crippen LogP contribution in [0.25, 0.3) is 0 Å². The molecule has 0 amide bonds. The van der Waals surface area contributed by atoms with Crippen molar-refractivity contribution >= 4 is 10.2 Å². The molecule has 6 nitrogen and oxygen atoms in total. The van der Waals surface area contributed by atoms with Gasteiger partial charge in [-0.3, -0.25) is 0 Å². The number of benzene rings is 1. The maximum atomic E-state index is 13.0. The lowest BCUT2D eigenvalue weighted by Gasteiger charge is -2.25. The molecule has 1 fully saturated rings. The van der Waals surface area contributed by atoms with Gasteiger partial charge in [-0.1, -0.05) is 12.1 Å². The topological polar surface area (TPSA) is 66.7 Å². The van der Waals surface area contributed by atoms with E-state index in [1.807, 2.05) is 0 Å². The Kier molecular flexibility index (Phi) is 4.71. The summed E-state index contributed by atoms with van der Waals surface area (Å²) >= 11 is 0. The van der Waals surface area contributed by atoms with E-state index in [4.69, 9.17) is 4.42 Å². The predicted molar refractivity (Wildman–Crippen MR) is 87.0 cm³/mol. The molecule has 0 aliphatic carbocycles. The van der Waals surface area contributed by atoms with Crippen LogP contribution >= 0.6 is 0 Å². The van der Waals surface area contributed by atoms with Crippen LogP contribution in [-0.4, -0.2) is 42.7 Å². The first-order valence-electron chi connectivity index (χ1n) is 7.76. The third-order valence-corrected chi connectivity index (χ3v) is 6.06. The minimum atomic E-state index is -3.50. The first-order chi connectivity index (χ1) is 11.4. The van der Waals surface area contributed by atoms with Crippen molar-refractivity contribution in [1.82, 2.24) is 13.6 Å². The number of halogens is 1. The highest BCUT2D eigenvalue weighted by molar-refractivity contribution is 7.86. The summed E-state index contributed by atoms with van der Waals surface area (Å²) in [6.07, 6.45) is 3.55. The van der Waals surface area contributed by atoms with Crippen LogP contribution in [0.3, 0.4) is 0 Å². The van der Waals surface area contributed by atoms with Crippen molar-refractivity contribution in [1.29, 1.82) is 0 Å². The minimum Gasteiger partial charge on any atom is -0.444 e. The van der Waals surface area contributed by atoms with Gasteiger partial charge in [-0.2, -0.15) is 17.0 Å². The molecule has 0 radical (unpaired) electrons. The molecule has 2 aromatic rings. The zero-order valence-corrected chi connectivity index (χ0v) is 14.5. The Morgan fingerprint density at radius 2 is 2.04 bits per heavy atom. The second-order valence-electron chi connectivity index (χ2n) is 6.03. The highest BCUT2D eigenvalue weighted by Crippen LogP contribution is 2.34. The fraction of sp³-hybridized carbons (Fsp3) is 0.438. The molecule has 0 unspecified atom stereocenters. The molecule has 8 heteroatoms. The molecular weight excluding hydrogens is 333 g/mol. The second-order valence-corrected chi connectivity index (χ2v) is 8.12. The molecule has 0 bridgehead atoms. The van der Waals surface area contributed by atoms with Gasteiger partial charge in [0.2, 0.25) is 5.89 Å². The summed E-state index contributed by atoms with van der Waals surface area (Å²) in [6.45, 7) is 0.459. The third kappa shape index (κ3) is 3.35. The summed E-state index contributed by atoms with van der Waals surface area (Å²) in [6, 6.07) is 5.80. The van der Waals surface area contributed by atoms with Crippen molar-refractivity contribution in [3.05, 3.63) is 53.5 Å². The first kappa shape index (κ1) is 17.1. The molecule has 1 aliphatic heterocycles. The molecule has 1 aliphatic rings. The Balaban J connectivity index is 1.78. The Labute approximate surface area is 141 Å². The van der Waals surface area contributed by atoms with Crippen LogP contribution in [0.15, 0.2) is 34.9 Å². The van der Waals surface area contributed by atoms with Crippen LogP contribution in [0, 0.1) is 5.82 Å². The van der Waals surface area contributed by atoms with Gasteiger partial charge in [-0.25, -0.2) is 9.37 Å². The number of hydrogen-bond acceptors (Lipinski definition) is 4. The molecule has 1 aromatic carbocycles. The van der Waals surface area contributed by atoms with Crippen molar-refractivity contribution in [2.45, 2.75) is 25.3 Å². The van der Waals surface area contributed by atoms with Crippen molar-refractivity contribution in [3.8, 4) is 0 Å². The average molecular weight is 353 g/mol. The van der Waals surface area contributed by atoms with Gasteiger partial charge in [0.1, 0.15) is 17.6 Å². The largest absolute Gasteiger partial charge is 0.444 e. The minimum absolute atomic E-state index is 0.285. The van der Waals surface area contributed by atoms with Gasteiger partial charge in [-0.05, 0) is 30.5 Å². The predicted octanol–water partition coefficient (Wildman–Crippen LogP) is 2.35. The molecule has 1 saturated heterocycles. The fourth-order valence-electron chi connectivity index (χ4n) is 2.83. The van der Waals surface area contributed by atoms with E-state index in [0.717, 1.165) is 12.0 Å². The van der Waals surface area contributed by atoms with E-state index in [0.29, 0.717) is 31.0 Å². The summed E-state index contributed by atoms with van der Waals surface area (Å²) in [7, 11) is -0.475.